The van der Waals surface area contributed by atoms with Crippen LogP contribution in [0.3, 0.4) is 0 Å². The third-order valence-electron chi connectivity index (χ3n) is 5.77. The highest BCUT2D eigenvalue weighted by molar-refractivity contribution is 7.17. The fourth-order valence-electron chi connectivity index (χ4n) is 4.01. The van der Waals surface area contributed by atoms with Gasteiger partial charge in [0.25, 0.3) is 0 Å². The first-order valence-corrected chi connectivity index (χ1v) is 12.2. The molecule has 1 aromatic heterocycles. The predicted octanol–water partition coefficient (Wildman–Crippen LogP) is 4.22. The SMILES string of the molecule is CCOC(=O)c1sc(N(Cc2ccccc2)C(=O)C2CC(=O)N(c3cccc(OC)c3)C2)nc1C. The number of methoxy groups -OCH3 is 1. The molecular formula is C26H27N3O5S. The summed E-state index contributed by atoms with van der Waals surface area (Å²) >= 11 is 1.13. The first kappa shape index (κ1) is 24.4. The Labute approximate surface area is 208 Å². The summed E-state index contributed by atoms with van der Waals surface area (Å²) in [6.07, 6.45) is 0.0937. The molecule has 0 aliphatic carbocycles. The van der Waals surface area contributed by atoms with Gasteiger partial charge in [-0.2, -0.15) is 0 Å². The number of hydrogen-bond donors (Lipinski definition) is 0. The Kier molecular flexibility index (Phi) is 7.45. The third kappa shape index (κ3) is 5.35. The van der Waals surface area contributed by atoms with Crippen LogP contribution in [-0.2, 0) is 20.9 Å². The van der Waals surface area contributed by atoms with E-state index in [4.69, 9.17) is 9.47 Å². The maximum atomic E-state index is 13.8. The highest BCUT2D eigenvalue weighted by atomic mass is 32.1. The minimum Gasteiger partial charge on any atom is -0.497 e. The fourth-order valence-corrected chi connectivity index (χ4v) is 4.98. The third-order valence-corrected chi connectivity index (χ3v) is 6.93. The van der Waals surface area contributed by atoms with Crippen LogP contribution in [0.5, 0.6) is 5.75 Å². The van der Waals surface area contributed by atoms with Crippen molar-refractivity contribution in [2.75, 3.05) is 30.1 Å². The smallest absolute Gasteiger partial charge is 0.350 e. The van der Waals surface area contributed by atoms with Gasteiger partial charge in [-0.25, -0.2) is 9.78 Å². The lowest BCUT2D eigenvalue weighted by Gasteiger charge is -2.23. The highest BCUT2D eigenvalue weighted by Gasteiger charge is 2.39. The van der Waals surface area contributed by atoms with Crippen molar-refractivity contribution in [2.45, 2.75) is 26.8 Å². The van der Waals surface area contributed by atoms with Crippen molar-refractivity contribution in [3.63, 3.8) is 0 Å². The zero-order valence-electron chi connectivity index (χ0n) is 19.9. The van der Waals surface area contributed by atoms with E-state index in [2.05, 4.69) is 4.98 Å². The maximum absolute atomic E-state index is 13.8. The van der Waals surface area contributed by atoms with Crippen LogP contribution >= 0.6 is 11.3 Å². The predicted molar refractivity (Wildman–Crippen MR) is 134 cm³/mol. The van der Waals surface area contributed by atoms with Gasteiger partial charge in [-0.1, -0.05) is 47.7 Å². The van der Waals surface area contributed by atoms with Crippen LogP contribution in [0.1, 0.15) is 34.3 Å². The average Bonchev–Trinajstić information content (AvgIpc) is 3.45. The van der Waals surface area contributed by atoms with E-state index in [1.807, 2.05) is 42.5 Å². The number of esters is 1. The Morgan fingerprint density at radius 3 is 2.66 bits per heavy atom. The molecule has 2 heterocycles. The Hall–Kier alpha value is -3.72. The van der Waals surface area contributed by atoms with Gasteiger partial charge in [0.15, 0.2) is 5.13 Å². The number of aryl methyl sites for hydroxylation is 1. The molecule has 3 aromatic rings. The summed E-state index contributed by atoms with van der Waals surface area (Å²) in [5.74, 6) is -0.704. The minimum atomic E-state index is -0.548. The normalized spacial score (nSPS) is 15.2. The van der Waals surface area contributed by atoms with Crippen molar-refractivity contribution in [1.82, 2.24) is 4.98 Å². The molecule has 182 valence electrons. The van der Waals surface area contributed by atoms with Crippen molar-refractivity contribution in [1.29, 1.82) is 0 Å². The van der Waals surface area contributed by atoms with E-state index in [0.717, 1.165) is 16.9 Å². The molecule has 35 heavy (non-hydrogen) atoms. The van der Waals surface area contributed by atoms with E-state index in [1.54, 1.807) is 42.9 Å². The minimum absolute atomic E-state index is 0.0937. The maximum Gasteiger partial charge on any atom is 0.350 e. The summed E-state index contributed by atoms with van der Waals surface area (Å²) in [6, 6.07) is 16.8. The van der Waals surface area contributed by atoms with Gasteiger partial charge in [0.2, 0.25) is 11.8 Å². The Morgan fingerprint density at radius 2 is 1.94 bits per heavy atom. The first-order chi connectivity index (χ1) is 16.9. The number of hydrogen-bond acceptors (Lipinski definition) is 7. The number of amides is 2. The van der Waals surface area contributed by atoms with Gasteiger partial charge in [-0.3, -0.25) is 14.5 Å². The summed E-state index contributed by atoms with van der Waals surface area (Å²) in [4.78, 5) is 47.1. The average molecular weight is 494 g/mol. The second-order valence-electron chi connectivity index (χ2n) is 8.15. The summed E-state index contributed by atoms with van der Waals surface area (Å²) < 4.78 is 10.4. The van der Waals surface area contributed by atoms with Gasteiger partial charge in [-0.05, 0) is 31.5 Å². The molecule has 2 aromatic carbocycles. The van der Waals surface area contributed by atoms with E-state index in [0.29, 0.717) is 27.1 Å². The van der Waals surface area contributed by atoms with Gasteiger partial charge in [0.05, 0.1) is 31.9 Å². The lowest BCUT2D eigenvalue weighted by atomic mass is 10.1. The van der Waals surface area contributed by atoms with E-state index >= 15 is 0 Å². The molecular weight excluding hydrogens is 466 g/mol. The number of carbonyl (C=O) groups is 3. The summed E-state index contributed by atoms with van der Waals surface area (Å²) in [7, 11) is 1.57. The molecule has 0 bridgehead atoms. The number of nitrogens with zero attached hydrogens (tertiary/aromatic N) is 3. The standard InChI is InChI=1S/C26H27N3O5S/c1-4-34-25(32)23-17(2)27-26(35-23)29(15-18-9-6-5-7-10-18)24(31)19-13-22(30)28(16-19)20-11-8-12-21(14-20)33-3/h5-12,14,19H,4,13,15-16H2,1-3H3. The summed E-state index contributed by atoms with van der Waals surface area (Å²) in [5, 5.41) is 0.409. The lowest BCUT2D eigenvalue weighted by Crippen LogP contribution is -2.37. The van der Waals surface area contributed by atoms with E-state index in [1.165, 1.54) is 0 Å². The molecule has 1 aliphatic heterocycles. The van der Waals surface area contributed by atoms with Gasteiger partial charge < -0.3 is 14.4 Å². The van der Waals surface area contributed by atoms with E-state index < -0.39 is 11.9 Å². The van der Waals surface area contributed by atoms with Gasteiger partial charge in [0.1, 0.15) is 10.6 Å². The zero-order chi connectivity index (χ0) is 24.9. The highest BCUT2D eigenvalue weighted by Crippen LogP contribution is 2.33. The molecule has 9 heteroatoms. The molecule has 4 rings (SSSR count). The van der Waals surface area contributed by atoms with Gasteiger partial charge in [0, 0.05) is 24.7 Å². The molecule has 1 aliphatic rings. The van der Waals surface area contributed by atoms with Crippen LogP contribution in [0.25, 0.3) is 0 Å². The van der Waals surface area contributed by atoms with Crippen molar-refractivity contribution in [3.05, 3.63) is 70.7 Å². The monoisotopic (exact) mass is 493 g/mol. The van der Waals surface area contributed by atoms with Crippen LogP contribution in [0.15, 0.2) is 54.6 Å². The number of rotatable bonds is 8. The largest absolute Gasteiger partial charge is 0.497 e. The number of thiazole rings is 1. The van der Waals surface area contributed by atoms with Crippen molar-refractivity contribution < 1.29 is 23.9 Å². The molecule has 0 N–H and O–H groups in total. The van der Waals surface area contributed by atoms with Crippen LogP contribution in [-0.4, -0.2) is 43.0 Å². The topological polar surface area (TPSA) is 89.0 Å². The van der Waals surface area contributed by atoms with Crippen molar-refractivity contribution in [3.8, 4) is 5.75 Å². The molecule has 0 radical (unpaired) electrons. The molecule has 1 fully saturated rings. The van der Waals surface area contributed by atoms with Crippen LogP contribution in [0, 0.1) is 12.8 Å². The van der Waals surface area contributed by atoms with Gasteiger partial charge in [-0.15, -0.1) is 0 Å². The number of carbonyl (C=O) groups excluding carboxylic acids is 3. The van der Waals surface area contributed by atoms with E-state index in [9.17, 15) is 14.4 Å². The second-order valence-corrected chi connectivity index (χ2v) is 9.13. The van der Waals surface area contributed by atoms with Crippen molar-refractivity contribution >= 4 is 39.9 Å². The zero-order valence-corrected chi connectivity index (χ0v) is 20.7. The molecule has 0 spiro atoms. The Balaban J connectivity index is 1.62. The van der Waals surface area contributed by atoms with Crippen LogP contribution in [0.2, 0.25) is 0 Å². The second kappa shape index (κ2) is 10.7. The molecule has 1 saturated heterocycles. The molecule has 2 amide bonds. The number of aromatic nitrogens is 1. The Bertz CT molecular complexity index is 1230. The Morgan fingerprint density at radius 1 is 1.17 bits per heavy atom. The van der Waals surface area contributed by atoms with Gasteiger partial charge >= 0.3 is 5.97 Å². The number of anilines is 2. The van der Waals surface area contributed by atoms with Crippen LogP contribution in [0.4, 0.5) is 10.8 Å². The summed E-state index contributed by atoms with van der Waals surface area (Å²) in [6.45, 7) is 4.25. The quantitative estimate of drug-likeness (QED) is 0.437. The molecule has 8 nitrogen and oxygen atoms in total. The summed E-state index contributed by atoms with van der Waals surface area (Å²) in [5.41, 5.74) is 2.11. The fraction of sp³-hybridized carbons (Fsp3) is 0.308. The first-order valence-electron chi connectivity index (χ1n) is 11.4. The van der Waals surface area contributed by atoms with Crippen LogP contribution < -0.4 is 14.5 Å². The molecule has 1 atom stereocenters. The molecule has 1 unspecified atom stereocenters. The number of benzene rings is 2. The number of ether oxygens (including phenoxy) is 2. The van der Waals surface area contributed by atoms with Crippen molar-refractivity contribution in [2.24, 2.45) is 5.92 Å². The molecule has 0 saturated carbocycles. The van der Waals surface area contributed by atoms with E-state index in [-0.39, 0.29) is 37.9 Å². The lowest BCUT2D eigenvalue weighted by molar-refractivity contribution is -0.124.